The summed E-state index contributed by atoms with van der Waals surface area (Å²) in [5.74, 6) is -5.05. The minimum absolute atomic E-state index is 0.0166. The average molecular weight is 519 g/mol. The summed E-state index contributed by atoms with van der Waals surface area (Å²) in [6.07, 6.45) is -0.110. The molecule has 13 nitrogen and oxygen atoms in total. The summed E-state index contributed by atoms with van der Waals surface area (Å²) in [6, 6.07) is 2.07. The van der Waals surface area contributed by atoms with E-state index in [-0.39, 0.29) is 6.42 Å². The van der Waals surface area contributed by atoms with E-state index in [0.717, 1.165) is 10.9 Å². The number of hydrogen-bond donors (Lipinski definition) is 8. The number of aromatic amines is 1. The third-order valence-electron chi connectivity index (χ3n) is 5.78. The van der Waals surface area contributed by atoms with E-state index in [9.17, 15) is 34.2 Å². The van der Waals surface area contributed by atoms with E-state index in [0.29, 0.717) is 5.56 Å². The molecule has 0 aliphatic heterocycles. The Morgan fingerprint density at radius 3 is 2.14 bits per heavy atom. The molecule has 2 aromatic rings. The molecule has 0 fully saturated rings. The third kappa shape index (κ3) is 8.02. The van der Waals surface area contributed by atoms with Crippen LogP contribution < -0.4 is 27.4 Å². The van der Waals surface area contributed by atoms with Crippen molar-refractivity contribution in [2.24, 2.45) is 17.4 Å². The van der Waals surface area contributed by atoms with Gasteiger partial charge in [-0.1, -0.05) is 32.0 Å². The Hall–Kier alpha value is -3.97. The van der Waals surface area contributed by atoms with Gasteiger partial charge in [0.2, 0.25) is 23.6 Å². The molecule has 0 bridgehead atoms. The molecule has 2 rings (SSSR count). The minimum atomic E-state index is -1.58. The van der Waals surface area contributed by atoms with Crippen molar-refractivity contribution in [1.82, 2.24) is 20.9 Å². The van der Waals surface area contributed by atoms with E-state index in [1.807, 2.05) is 24.3 Å². The number of aromatic nitrogens is 1. The molecule has 202 valence electrons. The first-order valence-electron chi connectivity index (χ1n) is 11.7. The SMILES string of the molecule is CC(C)C(NC(=O)C(Cc1c[nH]c2ccccc12)NC(=O)C(N)CC(N)=O)C(=O)NC(C(=O)O)C(C)O. The lowest BCUT2D eigenvalue weighted by atomic mass is 9.99. The second-order valence-corrected chi connectivity index (χ2v) is 9.20. The van der Waals surface area contributed by atoms with E-state index >= 15 is 0 Å². The van der Waals surface area contributed by atoms with Gasteiger partial charge >= 0.3 is 5.97 Å². The van der Waals surface area contributed by atoms with Crippen LogP contribution in [-0.4, -0.2) is 75.1 Å². The fraction of sp³-hybridized carbons (Fsp3) is 0.458. The smallest absolute Gasteiger partial charge is 0.328 e. The Balaban J connectivity index is 2.30. The van der Waals surface area contributed by atoms with Crippen LogP contribution in [-0.2, 0) is 30.4 Å². The Morgan fingerprint density at radius 1 is 0.946 bits per heavy atom. The molecule has 0 spiro atoms. The van der Waals surface area contributed by atoms with Crippen LogP contribution >= 0.6 is 0 Å². The van der Waals surface area contributed by atoms with Gasteiger partial charge < -0.3 is 42.6 Å². The maximum atomic E-state index is 13.3. The highest BCUT2D eigenvalue weighted by Gasteiger charge is 2.33. The quantitative estimate of drug-likeness (QED) is 0.155. The molecule has 0 aliphatic carbocycles. The van der Waals surface area contributed by atoms with E-state index in [4.69, 9.17) is 11.5 Å². The lowest BCUT2D eigenvalue weighted by molar-refractivity contribution is -0.145. The van der Waals surface area contributed by atoms with E-state index in [2.05, 4.69) is 20.9 Å². The van der Waals surface area contributed by atoms with Crippen LogP contribution in [0.5, 0.6) is 0 Å². The van der Waals surface area contributed by atoms with Crippen molar-refractivity contribution in [3.05, 3.63) is 36.0 Å². The fourth-order valence-electron chi connectivity index (χ4n) is 3.74. The van der Waals surface area contributed by atoms with Crippen LogP contribution in [0.25, 0.3) is 10.9 Å². The monoisotopic (exact) mass is 518 g/mol. The van der Waals surface area contributed by atoms with Crippen molar-refractivity contribution in [3.63, 3.8) is 0 Å². The third-order valence-corrected chi connectivity index (χ3v) is 5.78. The van der Waals surface area contributed by atoms with Gasteiger partial charge in [-0.3, -0.25) is 19.2 Å². The maximum absolute atomic E-state index is 13.3. The second kappa shape index (κ2) is 12.8. The number of nitrogens with two attached hydrogens (primary N) is 2. The van der Waals surface area contributed by atoms with Crippen LogP contribution in [0.4, 0.5) is 0 Å². The van der Waals surface area contributed by atoms with Crippen molar-refractivity contribution in [2.45, 2.75) is 63.9 Å². The first-order chi connectivity index (χ1) is 17.3. The summed E-state index contributed by atoms with van der Waals surface area (Å²) in [5, 5.41) is 27.1. The highest BCUT2D eigenvalue weighted by Crippen LogP contribution is 2.19. The van der Waals surface area contributed by atoms with Gasteiger partial charge in [0.1, 0.15) is 12.1 Å². The van der Waals surface area contributed by atoms with Gasteiger partial charge in [0, 0.05) is 23.5 Å². The summed E-state index contributed by atoms with van der Waals surface area (Å²) in [7, 11) is 0. The first kappa shape index (κ1) is 29.3. The number of primary amides is 1. The fourth-order valence-corrected chi connectivity index (χ4v) is 3.74. The van der Waals surface area contributed by atoms with E-state index < -0.39 is 72.2 Å². The number of hydrogen-bond acceptors (Lipinski definition) is 7. The number of amides is 4. The molecule has 5 unspecified atom stereocenters. The molecule has 0 radical (unpaired) electrons. The number of para-hydroxylation sites is 1. The van der Waals surface area contributed by atoms with Crippen molar-refractivity contribution >= 4 is 40.5 Å². The number of carbonyl (C=O) groups excluding carboxylic acids is 4. The van der Waals surface area contributed by atoms with Gasteiger partial charge in [0.25, 0.3) is 0 Å². The maximum Gasteiger partial charge on any atom is 0.328 e. The molecule has 0 aliphatic rings. The molecule has 5 atom stereocenters. The zero-order valence-electron chi connectivity index (χ0n) is 20.9. The summed E-state index contributed by atoms with van der Waals surface area (Å²) >= 11 is 0. The van der Waals surface area contributed by atoms with Gasteiger partial charge in [-0.25, -0.2) is 4.79 Å². The van der Waals surface area contributed by atoms with Crippen molar-refractivity contribution < 1.29 is 34.2 Å². The predicted molar refractivity (Wildman–Crippen MR) is 134 cm³/mol. The number of carboxylic acid groups (broad SMARTS) is 1. The van der Waals surface area contributed by atoms with Crippen LogP contribution in [0, 0.1) is 5.92 Å². The molecule has 10 N–H and O–H groups in total. The largest absolute Gasteiger partial charge is 0.480 e. The molecule has 0 saturated carbocycles. The normalized spacial score (nSPS) is 15.3. The molecular formula is C24H34N6O7. The molecule has 0 saturated heterocycles. The number of aliphatic hydroxyl groups excluding tert-OH is 1. The predicted octanol–water partition coefficient (Wildman–Crippen LogP) is -1.51. The van der Waals surface area contributed by atoms with Crippen molar-refractivity contribution in [3.8, 4) is 0 Å². The van der Waals surface area contributed by atoms with Gasteiger partial charge in [-0.05, 0) is 24.5 Å². The molecule has 1 aromatic carbocycles. The first-order valence-corrected chi connectivity index (χ1v) is 11.7. The van der Waals surface area contributed by atoms with E-state index in [1.54, 1.807) is 20.0 Å². The summed E-state index contributed by atoms with van der Waals surface area (Å²) in [5.41, 5.74) is 12.4. The number of carbonyl (C=O) groups is 5. The Morgan fingerprint density at radius 2 is 1.57 bits per heavy atom. The molecular weight excluding hydrogens is 484 g/mol. The topological polar surface area (TPSA) is 230 Å². The van der Waals surface area contributed by atoms with Gasteiger partial charge in [0.05, 0.1) is 18.6 Å². The second-order valence-electron chi connectivity index (χ2n) is 9.20. The number of nitrogens with one attached hydrogen (secondary N) is 4. The van der Waals surface area contributed by atoms with Crippen LogP contribution in [0.1, 0.15) is 32.8 Å². The molecule has 37 heavy (non-hydrogen) atoms. The number of carboxylic acids is 1. The zero-order valence-corrected chi connectivity index (χ0v) is 20.9. The molecule has 1 heterocycles. The summed E-state index contributed by atoms with van der Waals surface area (Å²) in [6.45, 7) is 4.49. The number of rotatable bonds is 13. The summed E-state index contributed by atoms with van der Waals surface area (Å²) < 4.78 is 0. The lowest BCUT2D eigenvalue weighted by Crippen LogP contribution is -2.60. The standard InChI is InChI=1S/C24H34N6O7/c1-11(2)19(23(35)30-20(12(3)31)24(36)37)29-22(34)17(28-21(33)15(25)9-18(26)32)8-13-10-27-16-7-5-4-6-14(13)16/h4-7,10-12,15,17,19-20,27,31H,8-9,25H2,1-3H3,(H2,26,32)(H,28,33)(H,29,34)(H,30,35)(H,36,37). The van der Waals surface area contributed by atoms with Crippen LogP contribution in [0.15, 0.2) is 30.5 Å². The molecule has 4 amide bonds. The van der Waals surface area contributed by atoms with Crippen molar-refractivity contribution in [1.29, 1.82) is 0 Å². The van der Waals surface area contributed by atoms with Crippen LogP contribution in [0.2, 0.25) is 0 Å². The number of aliphatic carboxylic acids is 1. The zero-order chi connectivity index (χ0) is 27.9. The Labute approximate surface area is 213 Å². The summed E-state index contributed by atoms with van der Waals surface area (Å²) in [4.78, 5) is 64.5. The number of fused-ring (bicyclic) bond motifs is 1. The van der Waals surface area contributed by atoms with E-state index in [1.165, 1.54) is 6.92 Å². The van der Waals surface area contributed by atoms with Crippen molar-refractivity contribution in [2.75, 3.05) is 0 Å². The number of aliphatic hydroxyl groups is 1. The van der Waals surface area contributed by atoms with Gasteiger partial charge in [-0.2, -0.15) is 0 Å². The highest BCUT2D eigenvalue weighted by atomic mass is 16.4. The molecule has 1 aromatic heterocycles. The number of benzene rings is 1. The Kier molecular flexibility index (Phi) is 10.1. The van der Waals surface area contributed by atoms with Gasteiger partial charge in [-0.15, -0.1) is 0 Å². The lowest BCUT2D eigenvalue weighted by Gasteiger charge is -2.27. The van der Waals surface area contributed by atoms with Crippen LogP contribution in [0.3, 0.4) is 0 Å². The molecule has 13 heteroatoms. The minimum Gasteiger partial charge on any atom is -0.480 e. The number of H-pyrrole nitrogens is 1. The average Bonchev–Trinajstić information content (AvgIpc) is 3.21. The highest BCUT2D eigenvalue weighted by molar-refractivity contribution is 5.95. The van der Waals surface area contributed by atoms with Gasteiger partial charge in [0.15, 0.2) is 6.04 Å². The Bertz CT molecular complexity index is 1150.